The number of pyridine rings is 1. The lowest BCUT2D eigenvalue weighted by Crippen LogP contribution is -2.49. The number of piperazine rings is 1. The van der Waals surface area contributed by atoms with E-state index in [2.05, 4.69) is 4.98 Å². The molecule has 0 spiro atoms. The lowest BCUT2D eigenvalue weighted by molar-refractivity contribution is -0.384. The summed E-state index contributed by atoms with van der Waals surface area (Å²) in [4.78, 5) is 30.5. The van der Waals surface area contributed by atoms with Crippen LogP contribution in [0.3, 0.4) is 0 Å². The first-order valence-electron chi connectivity index (χ1n) is 9.62. The monoisotopic (exact) mass is 467 g/mol. The molecule has 0 saturated carbocycles. The number of halogens is 4. The first-order chi connectivity index (χ1) is 15.1. The van der Waals surface area contributed by atoms with Crippen molar-refractivity contribution in [1.29, 1.82) is 0 Å². The molecule has 32 heavy (non-hydrogen) atoms. The Morgan fingerprint density at radius 3 is 2.50 bits per heavy atom. The Hall–Kier alpha value is -3.34. The van der Waals surface area contributed by atoms with Crippen LogP contribution in [0.25, 0.3) is 10.9 Å². The normalized spacial score (nSPS) is 14.8. The standard InChI is InChI=1S/C20H17ClF3N5O3/c21-16-10-14(20(22,23)24)11-25-19(16)27-7-5-26(6-8-27)18(30)12-28-4-3-13-9-15(29(31)32)1-2-17(13)28/h1-4,9-11H,5-8,12H2. The molecule has 0 bridgehead atoms. The molecule has 2 aromatic heterocycles. The van der Waals surface area contributed by atoms with Gasteiger partial charge >= 0.3 is 6.18 Å². The quantitative estimate of drug-likeness (QED) is 0.428. The molecule has 1 aliphatic heterocycles. The summed E-state index contributed by atoms with van der Waals surface area (Å²) in [6.45, 7) is 1.55. The second-order valence-corrected chi connectivity index (χ2v) is 7.75. The molecular formula is C20H17ClF3N5O3. The van der Waals surface area contributed by atoms with Gasteiger partial charge in [0.25, 0.3) is 5.69 Å². The van der Waals surface area contributed by atoms with Crippen LogP contribution in [0.15, 0.2) is 42.7 Å². The van der Waals surface area contributed by atoms with Gasteiger partial charge in [0, 0.05) is 61.6 Å². The lowest BCUT2D eigenvalue weighted by Gasteiger charge is -2.36. The summed E-state index contributed by atoms with van der Waals surface area (Å²) in [5, 5.41) is 11.5. The van der Waals surface area contributed by atoms with Gasteiger partial charge in [-0.1, -0.05) is 11.6 Å². The van der Waals surface area contributed by atoms with Crippen molar-refractivity contribution in [2.75, 3.05) is 31.1 Å². The van der Waals surface area contributed by atoms with Crippen LogP contribution in [0.4, 0.5) is 24.7 Å². The van der Waals surface area contributed by atoms with E-state index in [0.29, 0.717) is 37.1 Å². The van der Waals surface area contributed by atoms with E-state index >= 15 is 0 Å². The third kappa shape index (κ3) is 4.33. The van der Waals surface area contributed by atoms with E-state index in [0.717, 1.165) is 12.3 Å². The number of alkyl halides is 3. The third-order valence-electron chi connectivity index (χ3n) is 5.35. The van der Waals surface area contributed by atoms with Crippen molar-refractivity contribution in [2.45, 2.75) is 12.7 Å². The molecule has 0 N–H and O–H groups in total. The van der Waals surface area contributed by atoms with Crippen LogP contribution >= 0.6 is 11.6 Å². The summed E-state index contributed by atoms with van der Waals surface area (Å²) >= 11 is 6.02. The first-order valence-corrected chi connectivity index (χ1v) is 10.00. The van der Waals surface area contributed by atoms with Crippen molar-refractivity contribution in [2.24, 2.45) is 0 Å². The summed E-state index contributed by atoms with van der Waals surface area (Å²) in [5.74, 6) is 0.122. The van der Waals surface area contributed by atoms with E-state index in [4.69, 9.17) is 11.6 Å². The number of carbonyl (C=O) groups is 1. The minimum Gasteiger partial charge on any atom is -0.352 e. The fourth-order valence-electron chi connectivity index (χ4n) is 3.67. The molecule has 12 heteroatoms. The summed E-state index contributed by atoms with van der Waals surface area (Å²) in [6.07, 6.45) is -2.07. The van der Waals surface area contributed by atoms with Gasteiger partial charge in [0.1, 0.15) is 12.4 Å². The summed E-state index contributed by atoms with van der Waals surface area (Å²) in [6, 6.07) is 7.02. The van der Waals surface area contributed by atoms with Crippen molar-refractivity contribution in [3.05, 3.63) is 63.4 Å². The topological polar surface area (TPSA) is 84.5 Å². The minimum absolute atomic E-state index is 0.0202. The van der Waals surface area contributed by atoms with E-state index in [1.165, 1.54) is 12.1 Å². The van der Waals surface area contributed by atoms with Crippen LogP contribution in [0, 0.1) is 10.1 Å². The van der Waals surface area contributed by atoms with Crippen molar-refractivity contribution in [3.63, 3.8) is 0 Å². The summed E-state index contributed by atoms with van der Waals surface area (Å²) < 4.78 is 40.1. The number of anilines is 1. The van der Waals surface area contributed by atoms with Gasteiger partial charge in [0.2, 0.25) is 5.91 Å². The number of benzene rings is 1. The smallest absolute Gasteiger partial charge is 0.352 e. The molecule has 0 radical (unpaired) electrons. The average Bonchev–Trinajstić information content (AvgIpc) is 3.15. The zero-order valence-electron chi connectivity index (χ0n) is 16.5. The molecule has 0 atom stereocenters. The van der Waals surface area contributed by atoms with Crippen molar-refractivity contribution < 1.29 is 22.9 Å². The van der Waals surface area contributed by atoms with Crippen LogP contribution in [-0.4, -0.2) is 51.5 Å². The number of amides is 1. The number of hydrogen-bond acceptors (Lipinski definition) is 5. The molecule has 3 aromatic rings. The molecule has 168 valence electrons. The van der Waals surface area contributed by atoms with Gasteiger partial charge in [-0.25, -0.2) is 4.98 Å². The van der Waals surface area contributed by atoms with E-state index in [1.54, 1.807) is 32.7 Å². The van der Waals surface area contributed by atoms with E-state index in [-0.39, 0.29) is 29.0 Å². The van der Waals surface area contributed by atoms with Crippen molar-refractivity contribution >= 4 is 39.9 Å². The highest BCUT2D eigenvalue weighted by molar-refractivity contribution is 6.33. The molecule has 1 aliphatic rings. The van der Waals surface area contributed by atoms with E-state index < -0.39 is 16.7 Å². The van der Waals surface area contributed by atoms with Crippen molar-refractivity contribution in [1.82, 2.24) is 14.5 Å². The molecule has 3 heterocycles. The van der Waals surface area contributed by atoms with E-state index in [1.807, 2.05) is 0 Å². The van der Waals surface area contributed by atoms with Crippen LogP contribution in [0.1, 0.15) is 5.56 Å². The number of hydrogen-bond donors (Lipinski definition) is 0. The Morgan fingerprint density at radius 1 is 1.16 bits per heavy atom. The zero-order valence-corrected chi connectivity index (χ0v) is 17.3. The molecule has 0 unspecified atom stereocenters. The van der Waals surface area contributed by atoms with Gasteiger partial charge in [-0.05, 0) is 18.2 Å². The SMILES string of the molecule is O=C(Cn1ccc2cc([N+](=O)[O-])ccc21)N1CCN(c2ncc(C(F)(F)F)cc2Cl)CC1. The molecule has 1 fully saturated rings. The van der Waals surface area contributed by atoms with Gasteiger partial charge in [-0.15, -0.1) is 0 Å². The number of nitro groups is 1. The Morgan fingerprint density at radius 2 is 1.88 bits per heavy atom. The third-order valence-corrected chi connectivity index (χ3v) is 5.63. The van der Waals surface area contributed by atoms with Crippen LogP contribution in [-0.2, 0) is 17.5 Å². The van der Waals surface area contributed by atoms with Gasteiger partial charge in [0.15, 0.2) is 0 Å². The van der Waals surface area contributed by atoms with Crippen LogP contribution in [0.5, 0.6) is 0 Å². The largest absolute Gasteiger partial charge is 0.417 e. The molecule has 1 aromatic carbocycles. The van der Waals surface area contributed by atoms with Gasteiger partial charge in [-0.3, -0.25) is 14.9 Å². The second-order valence-electron chi connectivity index (χ2n) is 7.34. The molecule has 1 amide bonds. The number of rotatable bonds is 4. The Balaban J connectivity index is 1.40. The predicted molar refractivity (Wildman–Crippen MR) is 112 cm³/mol. The van der Waals surface area contributed by atoms with Crippen molar-refractivity contribution in [3.8, 4) is 0 Å². The molecule has 0 aliphatic carbocycles. The number of carbonyl (C=O) groups excluding carboxylic acids is 1. The van der Waals surface area contributed by atoms with Gasteiger partial charge < -0.3 is 14.4 Å². The predicted octanol–water partition coefficient (Wildman–Crippen LogP) is 3.97. The molecular weight excluding hydrogens is 451 g/mol. The molecule has 1 saturated heterocycles. The number of nitro benzene ring substituents is 1. The second kappa shape index (κ2) is 8.30. The highest BCUT2D eigenvalue weighted by Crippen LogP contribution is 2.33. The number of aromatic nitrogens is 2. The molecule has 8 nitrogen and oxygen atoms in total. The lowest BCUT2D eigenvalue weighted by atomic mass is 10.2. The van der Waals surface area contributed by atoms with Crippen LogP contribution in [0.2, 0.25) is 5.02 Å². The zero-order chi connectivity index (χ0) is 23.0. The highest BCUT2D eigenvalue weighted by Gasteiger charge is 2.32. The fraction of sp³-hybridized carbons (Fsp3) is 0.300. The van der Waals surface area contributed by atoms with E-state index in [9.17, 15) is 28.1 Å². The maximum Gasteiger partial charge on any atom is 0.417 e. The minimum atomic E-state index is -4.52. The van der Waals surface area contributed by atoms with Crippen LogP contribution < -0.4 is 4.90 Å². The maximum atomic E-state index is 12.8. The fourth-order valence-corrected chi connectivity index (χ4v) is 3.96. The summed E-state index contributed by atoms with van der Waals surface area (Å²) in [7, 11) is 0. The number of fused-ring (bicyclic) bond motifs is 1. The summed E-state index contributed by atoms with van der Waals surface area (Å²) in [5.41, 5.74) is -0.221. The number of non-ortho nitro benzene ring substituents is 1. The Labute approximate surface area is 184 Å². The Kier molecular flexibility index (Phi) is 5.68. The Bertz CT molecular complexity index is 1190. The molecule has 4 rings (SSSR count). The van der Waals surface area contributed by atoms with Gasteiger partial charge in [0.05, 0.1) is 15.5 Å². The average molecular weight is 468 g/mol. The first kappa shape index (κ1) is 21.9. The van der Waals surface area contributed by atoms with Gasteiger partial charge in [-0.2, -0.15) is 13.2 Å². The number of nitrogens with zero attached hydrogens (tertiary/aromatic N) is 5. The highest BCUT2D eigenvalue weighted by atomic mass is 35.5. The maximum absolute atomic E-state index is 12.8.